The largest absolute Gasteiger partial charge is 0.465 e. The molecule has 1 atom stereocenters. The molecular weight excluding hydrogens is 262 g/mol. The molecule has 104 valence electrons. The lowest BCUT2D eigenvalue weighted by molar-refractivity contribution is -0.145. The van der Waals surface area contributed by atoms with E-state index in [1.807, 2.05) is 25.3 Å². The summed E-state index contributed by atoms with van der Waals surface area (Å²) in [7, 11) is 0. The van der Waals surface area contributed by atoms with Gasteiger partial charge in [-0.2, -0.15) is 0 Å². The highest BCUT2D eigenvalue weighted by Crippen LogP contribution is 2.36. The quantitative estimate of drug-likeness (QED) is 0.843. The van der Waals surface area contributed by atoms with Crippen molar-refractivity contribution in [2.24, 2.45) is 0 Å². The van der Waals surface area contributed by atoms with Gasteiger partial charge in [0.15, 0.2) is 0 Å². The summed E-state index contributed by atoms with van der Waals surface area (Å²) >= 11 is 1.41. The Labute approximate surface area is 117 Å². The molecule has 0 heterocycles. The van der Waals surface area contributed by atoms with E-state index in [-0.39, 0.29) is 11.9 Å². The zero-order valence-corrected chi connectivity index (χ0v) is 12.5. The molecule has 1 amide bonds. The Hall–Kier alpha value is -1.49. The Morgan fingerprint density at radius 2 is 2.11 bits per heavy atom. The van der Waals surface area contributed by atoms with Crippen LogP contribution in [-0.2, 0) is 19.1 Å². The Morgan fingerprint density at radius 3 is 2.63 bits per heavy atom. The second-order valence-corrected chi connectivity index (χ2v) is 5.44. The van der Waals surface area contributed by atoms with E-state index in [0.29, 0.717) is 12.3 Å². The lowest BCUT2D eigenvalue weighted by Crippen LogP contribution is -2.31. The van der Waals surface area contributed by atoms with Gasteiger partial charge in [0.2, 0.25) is 5.91 Å². The third-order valence-corrected chi connectivity index (χ3v) is 4.03. The molecule has 0 spiro atoms. The highest BCUT2D eigenvalue weighted by Gasteiger charge is 2.36. The number of hydrogen-bond donors (Lipinski definition) is 1. The zero-order chi connectivity index (χ0) is 14.5. The van der Waals surface area contributed by atoms with Crippen molar-refractivity contribution in [2.75, 3.05) is 18.2 Å². The minimum atomic E-state index is -0.773. The molecular formula is C14H19NO3S. The van der Waals surface area contributed by atoms with Gasteiger partial charge in [0.1, 0.15) is 4.75 Å². The predicted molar refractivity (Wildman–Crippen MR) is 78.2 cm³/mol. The molecule has 0 radical (unpaired) electrons. The summed E-state index contributed by atoms with van der Waals surface area (Å²) < 4.78 is 4.35. The van der Waals surface area contributed by atoms with Crippen molar-refractivity contribution >= 4 is 29.3 Å². The van der Waals surface area contributed by atoms with Gasteiger partial charge in [0, 0.05) is 12.6 Å². The first-order valence-corrected chi connectivity index (χ1v) is 7.27. The minimum Gasteiger partial charge on any atom is -0.465 e. The van der Waals surface area contributed by atoms with Crippen LogP contribution in [0.3, 0.4) is 0 Å². The fourth-order valence-electron chi connectivity index (χ4n) is 1.68. The van der Waals surface area contributed by atoms with Crippen LogP contribution in [0.1, 0.15) is 26.3 Å². The maximum absolute atomic E-state index is 12.1. The number of nitrogens with one attached hydrogen (secondary N) is 1. The molecule has 4 nitrogen and oxygen atoms in total. The van der Waals surface area contributed by atoms with Crippen LogP contribution in [0.2, 0.25) is 0 Å². The average Bonchev–Trinajstić information content (AvgIpc) is 2.37. The van der Waals surface area contributed by atoms with E-state index in [4.69, 9.17) is 4.74 Å². The number of benzene rings is 1. The number of amides is 1. The summed E-state index contributed by atoms with van der Waals surface area (Å²) in [5.74, 6) is -0.415. The Balaban J connectivity index is 3.10. The van der Waals surface area contributed by atoms with Crippen LogP contribution >= 0.6 is 11.8 Å². The molecule has 0 aromatic heterocycles. The second-order valence-electron chi connectivity index (χ2n) is 4.22. The van der Waals surface area contributed by atoms with Crippen molar-refractivity contribution in [3.8, 4) is 0 Å². The van der Waals surface area contributed by atoms with Gasteiger partial charge in [-0.1, -0.05) is 12.1 Å². The second kappa shape index (κ2) is 6.61. The molecule has 0 saturated carbocycles. The van der Waals surface area contributed by atoms with Crippen molar-refractivity contribution in [1.29, 1.82) is 0 Å². The summed E-state index contributed by atoms with van der Waals surface area (Å²) in [5.41, 5.74) is 1.49. The van der Waals surface area contributed by atoms with Gasteiger partial charge in [-0.3, -0.25) is 9.59 Å². The van der Waals surface area contributed by atoms with Gasteiger partial charge in [-0.15, -0.1) is 11.8 Å². The molecule has 1 aromatic rings. The Morgan fingerprint density at radius 1 is 1.42 bits per heavy atom. The van der Waals surface area contributed by atoms with E-state index in [0.717, 1.165) is 5.56 Å². The SMILES string of the molecule is CCOC(=O)C(C)(SC)c1cccc(NC(C)=O)c1. The number of thioether (sulfide) groups is 1. The number of ether oxygens (including phenoxy) is 1. The van der Waals surface area contributed by atoms with Gasteiger partial charge in [-0.25, -0.2) is 0 Å². The van der Waals surface area contributed by atoms with Crippen LogP contribution in [0, 0.1) is 0 Å². The zero-order valence-electron chi connectivity index (χ0n) is 11.6. The Kier molecular flexibility index (Phi) is 5.42. The van der Waals surface area contributed by atoms with E-state index >= 15 is 0 Å². The number of hydrogen-bond acceptors (Lipinski definition) is 4. The third-order valence-electron chi connectivity index (χ3n) is 2.81. The number of carbonyl (C=O) groups is 2. The molecule has 0 aliphatic rings. The summed E-state index contributed by atoms with van der Waals surface area (Å²) in [5, 5.41) is 2.71. The predicted octanol–water partition coefficient (Wildman–Crippen LogP) is 2.79. The van der Waals surface area contributed by atoms with Crippen LogP contribution < -0.4 is 5.32 Å². The lowest BCUT2D eigenvalue weighted by atomic mass is 9.99. The van der Waals surface area contributed by atoms with Gasteiger partial charge in [0.05, 0.1) is 6.61 Å². The van der Waals surface area contributed by atoms with E-state index in [1.165, 1.54) is 18.7 Å². The van der Waals surface area contributed by atoms with Crippen LogP contribution in [0.5, 0.6) is 0 Å². The molecule has 5 heteroatoms. The van der Waals surface area contributed by atoms with Crippen molar-refractivity contribution in [2.45, 2.75) is 25.5 Å². The topological polar surface area (TPSA) is 55.4 Å². The molecule has 1 unspecified atom stereocenters. The number of rotatable bonds is 5. The first-order chi connectivity index (χ1) is 8.93. The third kappa shape index (κ3) is 3.73. The van der Waals surface area contributed by atoms with Crippen molar-refractivity contribution < 1.29 is 14.3 Å². The van der Waals surface area contributed by atoms with E-state index in [1.54, 1.807) is 19.1 Å². The minimum absolute atomic E-state index is 0.140. The first kappa shape index (κ1) is 15.6. The summed E-state index contributed by atoms with van der Waals surface area (Å²) in [6, 6.07) is 7.26. The maximum atomic E-state index is 12.1. The molecule has 0 aliphatic carbocycles. The van der Waals surface area contributed by atoms with Crippen LogP contribution in [0.25, 0.3) is 0 Å². The summed E-state index contributed by atoms with van der Waals surface area (Å²) in [6.45, 7) is 5.40. The van der Waals surface area contributed by atoms with Crippen molar-refractivity contribution in [3.05, 3.63) is 29.8 Å². The lowest BCUT2D eigenvalue weighted by Gasteiger charge is -2.26. The maximum Gasteiger partial charge on any atom is 0.326 e. The number of anilines is 1. The van der Waals surface area contributed by atoms with E-state index in [9.17, 15) is 9.59 Å². The summed E-state index contributed by atoms with van der Waals surface area (Å²) in [6.07, 6.45) is 1.86. The standard InChI is InChI=1S/C14H19NO3S/c1-5-18-13(17)14(3,19-4)11-7-6-8-12(9-11)15-10(2)16/h6-9H,5H2,1-4H3,(H,15,16). The van der Waals surface area contributed by atoms with Gasteiger partial charge in [0.25, 0.3) is 0 Å². The highest BCUT2D eigenvalue weighted by atomic mass is 32.2. The smallest absolute Gasteiger partial charge is 0.326 e. The normalized spacial score (nSPS) is 13.5. The molecule has 0 fully saturated rings. The number of carbonyl (C=O) groups excluding carboxylic acids is 2. The summed E-state index contributed by atoms with van der Waals surface area (Å²) in [4.78, 5) is 23.2. The van der Waals surface area contributed by atoms with Gasteiger partial charge >= 0.3 is 5.97 Å². The fourth-order valence-corrected chi connectivity index (χ4v) is 2.27. The van der Waals surface area contributed by atoms with Gasteiger partial charge in [-0.05, 0) is 37.8 Å². The molecule has 1 N–H and O–H groups in total. The molecule has 0 aliphatic heterocycles. The van der Waals surface area contributed by atoms with Crippen molar-refractivity contribution in [3.63, 3.8) is 0 Å². The van der Waals surface area contributed by atoms with Crippen LogP contribution in [-0.4, -0.2) is 24.7 Å². The van der Waals surface area contributed by atoms with Crippen LogP contribution in [0.4, 0.5) is 5.69 Å². The van der Waals surface area contributed by atoms with E-state index in [2.05, 4.69) is 5.32 Å². The van der Waals surface area contributed by atoms with Gasteiger partial charge < -0.3 is 10.1 Å². The highest BCUT2D eigenvalue weighted by molar-refractivity contribution is 8.00. The number of esters is 1. The van der Waals surface area contributed by atoms with E-state index < -0.39 is 4.75 Å². The molecule has 0 bridgehead atoms. The molecule has 1 rings (SSSR count). The first-order valence-electron chi connectivity index (χ1n) is 6.04. The van der Waals surface area contributed by atoms with Crippen LogP contribution in [0.15, 0.2) is 24.3 Å². The molecule has 0 saturated heterocycles. The molecule has 19 heavy (non-hydrogen) atoms. The monoisotopic (exact) mass is 281 g/mol. The Bertz CT molecular complexity index is 476. The fraction of sp³-hybridized carbons (Fsp3) is 0.429. The average molecular weight is 281 g/mol. The van der Waals surface area contributed by atoms with Crippen molar-refractivity contribution in [1.82, 2.24) is 0 Å². The molecule has 1 aromatic carbocycles.